The molecule has 28 heavy (non-hydrogen) atoms. The van der Waals surface area contributed by atoms with Crippen LogP contribution in [-0.2, 0) is 16.4 Å². The Hall–Kier alpha value is -2.18. The van der Waals surface area contributed by atoms with Crippen molar-refractivity contribution in [1.82, 2.24) is 9.62 Å². The van der Waals surface area contributed by atoms with E-state index >= 15 is 0 Å². The minimum Gasteiger partial charge on any atom is -0.345 e. The number of aryl methyl sites for hydroxylation is 2. The van der Waals surface area contributed by atoms with Crippen LogP contribution in [0.25, 0.3) is 0 Å². The number of hydrogen-bond acceptors (Lipinski definition) is 3. The van der Waals surface area contributed by atoms with E-state index in [1.165, 1.54) is 21.5 Å². The molecular formula is C22H26N2O3S. The van der Waals surface area contributed by atoms with Crippen molar-refractivity contribution in [2.75, 3.05) is 13.1 Å². The van der Waals surface area contributed by atoms with E-state index in [-0.39, 0.29) is 16.8 Å². The Morgan fingerprint density at radius 1 is 1.07 bits per heavy atom. The maximum absolute atomic E-state index is 13.0. The maximum atomic E-state index is 13.0. The normalized spacial score (nSPS) is 20.0. The quantitative estimate of drug-likeness (QED) is 0.856. The molecule has 1 fully saturated rings. The van der Waals surface area contributed by atoms with Gasteiger partial charge in [-0.2, -0.15) is 4.31 Å². The summed E-state index contributed by atoms with van der Waals surface area (Å²) in [5, 5.41) is 3.11. The molecule has 6 heteroatoms. The molecular weight excluding hydrogens is 372 g/mol. The van der Waals surface area contributed by atoms with Crippen LogP contribution in [0.4, 0.5) is 0 Å². The largest absolute Gasteiger partial charge is 0.345 e. The molecule has 0 spiro atoms. The zero-order valence-corrected chi connectivity index (χ0v) is 17.0. The highest BCUT2D eigenvalue weighted by atomic mass is 32.2. The van der Waals surface area contributed by atoms with E-state index in [9.17, 15) is 13.2 Å². The topological polar surface area (TPSA) is 66.5 Å². The van der Waals surface area contributed by atoms with Crippen molar-refractivity contribution in [3.8, 4) is 0 Å². The van der Waals surface area contributed by atoms with Crippen LogP contribution in [0.1, 0.15) is 58.8 Å². The summed E-state index contributed by atoms with van der Waals surface area (Å²) in [6.07, 6.45) is 4.74. The number of hydrogen-bond donors (Lipinski definition) is 1. The third-order valence-electron chi connectivity index (χ3n) is 5.81. The van der Waals surface area contributed by atoms with Gasteiger partial charge in [-0.3, -0.25) is 4.79 Å². The number of benzene rings is 2. The summed E-state index contributed by atoms with van der Waals surface area (Å²) in [4.78, 5) is 13.2. The van der Waals surface area contributed by atoms with Crippen LogP contribution in [0.15, 0.2) is 47.4 Å². The summed E-state index contributed by atoms with van der Waals surface area (Å²) in [7, 11) is -3.55. The fraction of sp³-hybridized carbons (Fsp3) is 0.409. The van der Waals surface area contributed by atoms with E-state index in [0.717, 1.165) is 32.1 Å². The summed E-state index contributed by atoms with van der Waals surface area (Å²) >= 11 is 0. The van der Waals surface area contributed by atoms with Crippen LogP contribution in [0.2, 0.25) is 0 Å². The molecule has 4 rings (SSSR count). The fourth-order valence-corrected chi connectivity index (χ4v) is 6.00. The molecule has 0 radical (unpaired) electrons. The molecule has 5 nitrogen and oxygen atoms in total. The standard InChI is InChI=1S/C22H26N2O3S/c1-16-11-12-18(15-21(16)28(26,27)24-13-4-5-14-24)22(25)23-20-10-6-8-17-7-2-3-9-19(17)20/h2-3,7,9,11-12,15,20H,4-6,8,10,13-14H2,1H3,(H,23,25)/t20-/m1/s1. The second kappa shape index (κ2) is 7.68. The average Bonchev–Trinajstić information content (AvgIpc) is 3.24. The van der Waals surface area contributed by atoms with E-state index in [1.807, 2.05) is 12.1 Å². The van der Waals surface area contributed by atoms with Gasteiger partial charge in [0, 0.05) is 18.7 Å². The first kappa shape index (κ1) is 19.2. The first-order chi connectivity index (χ1) is 13.5. The summed E-state index contributed by atoms with van der Waals surface area (Å²) in [5.74, 6) is -0.223. The number of fused-ring (bicyclic) bond motifs is 1. The van der Waals surface area contributed by atoms with Crippen molar-refractivity contribution in [1.29, 1.82) is 0 Å². The van der Waals surface area contributed by atoms with Gasteiger partial charge in [-0.15, -0.1) is 0 Å². The molecule has 1 N–H and O–H groups in total. The number of carbonyl (C=O) groups is 1. The van der Waals surface area contributed by atoms with Gasteiger partial charge in [-0.25, -0.2) is 8.42 Å². The molecule has 2 aliphatic rings. The molecule has 0 saturated carbocycles. The van der Waals surface area contributed by atoms with Gasteiger partial charge in [0.05, 0.1) is 10.9 Å². The second-order valence-electron chi connectivity index (χ2n) is 7.71. The smallest absolute Gasteiger partial charge is 0.251 e. The van der Waals surface area contributed by atoms with Crippen molar-refractivity contribution < 1.29 is 13.2 Å². The molecule has 2 aromatic carbocycles. The minimum atomic E-state index is -3.55. The van der Waals surface area contributed by atoms with Crippen molar-refractivity contribution in [2.24, 2.45) is 0 Å². The average molecular weight is 399 g/mol. The number of nitrogens with one attached hydrogen (secondary N) is 1. The van der Waals surface area contributed by atoms with Gasteiger partial charge in [0.2, 0.25) is 10.0 Å². The van der Waals surface area contributed by atoms with Gasteiger partial charge >= 0.3 is 0 Å². The fourth-order valence-electron chi connectivity index (χ4n) is 4.23. The Morgan fingerprint density at radius 3 is 2.61 bits per heavy atom. The van der Waals surface area contributed by atoms with Crippen LogP contribution >= 0.6 is 0 Å². The van der Waals surface area contributed by atoms with Crippen LogP contribution < -0.4 is 5.32 Å². The van der Waals surface area contributed by atoms with Gasteiger partial charge in [-0.05, 0) is 67.9 Å². The Morgan fingerprint density at radius 2 is 1.82 bits per heavy atom. The van der Waals surface area contributed by atoms with E-state index in [0.29, 0.717) is 24.2 Å². The van der Waals surface area contributed by atoms with E-state index < -0.39 is 10.0 Å². The molecule has 0 bridgehead atoms. The highest BCUT2D eigenvalue weighted by molar-refractivity contribution is 7.89. The van der Waals surface area contributed by atoms with Crippen LogP contribution in [0.3, 0.4) is 0 Å². The van der Waals surface area contributed by atoms with Crippen LogP contribution in [-0.4, -0.2) is 31.7 Å². The summed E-state index contributed by atoms with van der Waals surface area (Å²) in [6, 6.07) is 13.1. The minimum absolute atomic E-state index is 0.0302. The molecule has 0 unspecified atom stereocenters. The third kappa shape index (κ3) is 3.59. The van der Waals surface area contributed by atoms with E-state index in [2.05, 4.69) is 17.4 Å². The maximum Gasteiger partial charge on any atom is 0.251 e. The first-order valence-electron chi connectivity index (χ1n) is 9.96. The number of carbonyl (C=O) groups excluding carboxylic acids is 1. The van der Waals surface area contributed by atoms with Crippen LogP contribution in [0, 0.1) is 6.92 Å². The highest BCUT2D eigenvalue weighted by Gasteiger charge is 2.29. The number of nitrogens with zero attached hydrogens (tertiary/aromatic N) is 1. The Labute approximate surface area is 166 Å². The second-order valence-corrected chi connectivity index (χ2v) is 9.61. The number of amides is 1. The van der Waals surface area contributed by atoms with E-state index in [4.69, 9.17) is 0 Å². The molecule has 148 valence electrons. The summed E-state index contributed by atoms with van der Waals surface area (Å²) in [5.41, 5.74) is 3.51. The number of sulfonamides is 1. The van der Waals surface area contributed by atoms with Crippen molar-refractivity contribution in [2.45, 2.75) is 50.0 Å². The lowest BCUT2D eigenvalue weighted by Gasteiger charge is -2.26. The van der Waals surface area contributed by atoms with Gasteiger partial charge in [0.1, 0.15) is 0 Å². The summed E-state index contributed by atoms with van der Waals surface area (Å²) < 4.78 is 27.5. The lowest BCUT2D eigenvalue weighted by atomic mass is 9.87. The predicted octanol–water partition coefficient (Wildman–Crippen LogP) is 3.59. The Balaban J connectivity index is 1.59. The predicted molar refractivity (Wildman–Crippen MR) is 109 cm³/mol. The molecule has 2 aromatic rings. The monoisotopic (exact) mass is 398 g/mol. The Kier molecular flexibility index (Phi) is 5.25. The lowest BCUT2D eigenvalue weighted by molar-refractivity contribution is 0.0932. The molecule has 1 aliphatic heterocycles. The van der Waals surface area contributed by atoms with Gasteiger partial charge in [0.25, 0.3) is 5.91 Å². The third-order valence-corrected chi connectivity index (χ3v) is 7.85. The van der Waals surface area contributed by atoms with Crippen LogP contribution in [0.5, 0.6) is 0 Å². The van der Waals surface area contributed by atoms with Crippen molar-refractivity contribution in [3.05, 3.63) is 64.7 Å². The molecule has 1 saturated heterocycles. The van der Waals surface area contributed by atoms with E-state index in [1.54, 1.807) is 19.1 Å². The zero-order chi connectivity index (χ0) is 19.7. The SMILES string of the molecule is Cc1ccc(C(=O)N[C@@H]2CCCc3ccccc32)cc1S(=O)(=O)N1CCCC1. The highest BCUT2D eigenvalue weighted by Crippen LogP contribution is 2.30. The zero-order valence-electron chi connectivity index (χ0n) is 16.1. The molecule has 1 aliphatic carbocycles. The Bertz CT molecular complexity index is 995. The van der Waals surface area contributed by atoms with Crippen molar-refractivity contribution in [3.63, 3.8) is 0 Å². The molecule has 1 atom stereocenters. The van der Waals surface area contributed by atoms with Gasteiger partial charge in [-0.1, -0.05) is 30.3 Å². The molecule has 0 aromatic heterocycles. The first-order valence-corrected chi connectivity index (χ1v) is 11.4. The molecule has 1 heterocycles. The lowest BCUT2D eigenvalue weighted by Crippen LogP contribution is -2.32. The summed E-state index contributed by atoms with van der Waals surface area (Å²) in [6.45, 7) is 2.89. The van der Waals surface area contributed by atoms with Gasteiger partial charge in [0.15, 0.2) is 0 Å². The number of rotatable bonds is 4. The van der Waals surface area contributed by atoms with Crippen molar-refractivity contribution >= 4 is 15.9 Å². The molecule has 1 amide bonds. The van der Waals surface area contributed by atoms with Gasteiger partial charge < -0.3 is 5.32 Å².